The number of ether oxygens (including phenoxy) is 1. The average Bonchev–Trinajstić information content (AvgIpc) is 3.20. The highest BCUT2D eigenvalue weighted by Crippen LogP contribution is 2.30. The summed E-state index contributed by atoms with van der Waals surface area (Å²) in [5, 5.41) is 5.52. The van der Waals surface area contributed by atoms with Crippen molar-refractivity contribution in [2.75, 3.05) is 11.9 Å². The molecule has 0 saturated heterocycles. The van der Waals surface area contributed by atoms with Gasteiger partial charge >= 0.3 is 12.0 Å². The summed E-state index contributed by atoms with van der Waals surface area (Å²) in [4.78, 5) is 41.8. The molecule has 7 nitrogen and oxygen atoms in total. The minimum Gasteiger partial charge on any atom is -0.452 e. The summed E-state index contributed by atoms with van der Waals surface area (Å²) < 4.78 is 5.26. The monoisotopic (exact) mass is 417 g/mol. The summed E-state index contributed by atoms with van der Waals surface area (Å²) in [7, 11) is 0. The Bertz CT molecular complexity index is 1200. The SMILES string of the molecule is Cc1ccc(NC(=O)NC(=O)COC(=O)c2c3c(nc4ccccc24)CCC3)c(C)c1. The largest absolute Gasteiger partial charge is 0.452 e. The quantitative estimate of drug-likeness (QED) is 0.629. The van der Waals surface area contributed by atoms with E-state index in [9.17, 15) is 14.4 Å². The van der Waals surface area contributed by atoms with Crippen LogP contribution in [0.2, 0.25) is 0 Å². The van der Waals surface area contributed by atoms with Gasteiger partial charge in [-0.05, 0) is 56.4 Å². The molecular weight excluding hydrogens is 394 g/mol. The number of carbonyl (C=O) groups excluding carboxylic acids is 3. The molecule has 0 fully saturated rings. The molecule has 3 aromatic rings. The van der Waals surface area contributed by atoms with Gasteiger partial charge in [-0.15, -0.1) is 0 Å². The second kappa shape index (κ2) is 8.55. The van der Waals surface area contributed by atoms with Gasteiger partial charge in [-0.3, -0.25) is 15.1 Å². The Morgan fingerprint density at radius 3 is 2.68 bits per heavy atom. The highest BCUT2D eigenvalue weighted by molar-refractivity contribution is 6.06. The number of aromatic nitrogens is 1. The minimum atomic E-state index is -0.703. The van der Waals surface area contributed by atoms with Gasteiger partial charge in [0.15, 0.2) is 6.61 Å². The second-order valence-electron chi connectivity index (χ2n) is 7.68. The highest BCUT2D eigenvalue weighted by atomic mass is 16.5. The van der Waals surface area contributed by atoms with Gasteiger partial charge in [0.05, 0.1) is 11.1 Å². The fourth-order valence-corrected chi connectivity index (χ4v) is 3.92. The first-order valence-corrected chi connectivity index (χ1v) is 10.2. The number of esters is 1. The Kier molecular flexibility index (Phi) is 5.66. The van der Waals surface area contributed by atoms with E-state index < -0.39 is 24.5 Å². The van der Waals surface area contributed by atoms with E-state index in [-0.39, 0.29) is 0 Å². The number of hydrogen-bond donors (Lipinski definition) is 2. The summed E-state index contributed by atoms with van der Waals surface area (Å²) in [6, 6.07) is 12.3. The lowest BCUT2D eigenvalue weighted by molar-refractivity contribution is -0.123. The second-order valence-corrected chi connectivity index (χ2v) is 7.68. The number of fused-ring (bicyclic) bond motifs is 2. The van der Waals surface area contributed by atoms with Crippen molar-refractivity contribution in [2.24, 2.45) is 0 Å². The van der Waals surface area contributed by atoms with Crippen LogP contribution in [0.4, 0.5) is 10.5 Å². The van der Waals surface area contributed by atoms with Crippen LogP contribution in [-0.4, -0.2) is 29.5 Å². The summed E-state index contributed by atoms with van der Waals surface area (Å²) in [6.45, 7) is 3.27. The van der Waals surface area contributed by atoms with Crippen LogP contribution in [0, 0.1) is 13.8 Å². The highest BCUT2D eigenvalue weighted by Gasteiger charge is 2.25. The van der Waals surface area contributed by atoms with Gasteiger partial charge in [0, 0.05) is 16.8 Å². The molecule has 4 rings (SSSR count). The molecule has 1 heterocycles. The molecule has 0 radical (unpaired) electrons. The van der Waals surface area contributed by atoms with Gasteiger partial charge in [-0.25, -0.2) is 9.59 Å². The lowest BCUT2D eigenvalue weighted by atomic mass is 10.0. The first-order valence-electron chi connectivity index (χ1n) is 10.2. The fraction of sp³-hybridized carbons (Fsp3) is 0.250. The van der Waals surface area contributed by atoms with Crippen molar-refractivity contribution in [2.45, 2.75) is 33.1 Å². The molecule has 0 atom stereocenters. The molecule has 3 amide bonds. The summed E-state index contributed by atoms with van der Waals surface area (Å²) >= 11 is 0. The Morgan fingerprint density at radius 2 is 1.87 bits per heavy atom. The van der Waals surface area contributed by atoms with Gasteiger partial charge in [0.2, 0.25) is 0 Å². The van der Waals surface area contributed by atoms with Crippen LogP contribution < -0.4 is 10.6 Å². The van der Waals surface area contributed by atoms with Gasteiger partial charge in [-0.2, -0.15) is 0 Å². The number of rotatable bonds is 4. The maximum Gasteiger partial charge on any atom is 0.339 e. The predicted molar refractivity (Wildman–Crippen MR) is 117 cm³/mol. The van der Waals surface area contributed by atoms with E-state index in [4.69, 9.17) is 4.74 Å². The number of anilines is 1. The van der Waals surface area contributed by atoms with Crippen LogP contribution in [0.5, 0.6) is 0 Å². The third-order valence-electron chi connectivity index (χ3n) is 5.34. The topological polar surface area (TPSA) is 97.4 Å². The summed E-state index contributed by atoms with van der Waals surface area (Å²) in [5.41, 5.74) is 5.54. The Balaban J connectivity index is 1.41. The van der Waals surface area contributed by atoms with E-state index in [1.807, 2.05) is 50.2 Å². The normalized spacial score (nSPS) is 12.3. The molecule has 2 N–H and O–H groups in total. The van der Waals surface area contributed by atoms with Crippen molar-refractivity contribution >= 4 is 34.5 Å². The van der Waals surface area contributed by atoms with Crippen LogP contribution in [-0.2, 0) is 22.4 Å². The Morgan fingerprint density at radius 1 is 1.06 bits per heavy atom. The van der Waals surface area contributed by atoms with Crippen molar-refractivity contribution in [1.82, 2.24) is 10.3 Å². The molecule has 2 aromatic carbocycles. The molecular formula is C24H23N3O4. The number of nitrogens with zero attached hydrogens (tertiary/aromatic N) is 1. The zero-order valence-electron chi connectivity index (χ0n) is 17.5. The number of aryl methyl sites for hydroxylation is 3. The first-order chi connectivity index (χ1) is 14.9. The van der Waals surface area contributed by atoms with Crippen LogP contribution in [0.25, 0.3) is 10.9 Å². The van der Waals surface area contributed by atoms with Crippen molar-refractivity contribution < 1.29 is 19.1 Å². The van der Waals surface area contributed by atoms with Crippen LogP contribution >= 0.6 is 0 Å². The summed E-state index contributed by atoms with van der Waals surface area (Å²) in [6.07, 6.45) is 2.50. The van der Waals surface area contributed by atoms with Crippen molar-refractivity contribution in [3.8, 4) is 0 Å². The van der Waals surface area contributed by atoms with Crippen LogP contribution in [0.3, 0.4) is 0 Å². The molecule has 0 bridgehead atoms. The Hall–Kier alpha value is -3.74. The zero-order chi connectivity index (χ0) is 22.0. The zero-order valence-corrected chi connectivity index (χ0v) is 17.5. The molecule has 0 spiro atoms. The molecule has 158 valence electrons. The van der Waals surface area contributed by atoms with E-state index in [2.05, 4.69) is 15.6 Å². The number of urea groups is 1. The maximum absolute atomic E-state index is 12.8. The molecule has 1 aromatic heterocycles. The van der Waals surface area contributed by atoms with Crippen molar-refractivity contribution in [3.63, 3.8) is 0 Å². The predicted octanol–water partition coefficient (Wildman–Crippen LogP) is 3.85. The van der Waals surface area contributed by atoms with Gasteiger partial charge < -0.3 is 10.1 Å². The molecule has 31 heavy (non-hydrogen) atoms. The fourth-order valence-electron chi connectivity index (χ4n) is 3.92. The average molecular weight is 417 g/mol. The van der Waals surface area contributed by atoms with Gasteiger partial charge in [0.1, 0.15) is 0 Å². The van der Waals surface area contributed by atoms with E-state index in [1.165, 1.54) is 0 Å². The van der Waals surface area contributed by atoms with E-state index in [0.717, 1.165) is 47.2 Å². The third kappa shape index (κ3) is 4.40. The number of imide groups is 1. The molecule has 0 aliphatic heterocycles. The lowest BCUT2D eigenvalue weighted by Crippen LogP contribution is -2.37. The lowest BCUT2D eigenvalue weighted by Gasteiger charge is -2.12. The van der Waals surface area contributed by atoms with E-state index in [1.54, 1.807) is 6.07 Å². The van der Waals surface area contributed by atoms with Gasteiger partial charge in [-0.1, -0.05) is 35.9 Å². The number of pyridine rings is 1. The first kappa shape index (κ1) is 20.5. The smallest absolute Gasteiger partial charge is 0.339 e. The Labute approximate surface area is 179 Å². The maximum atomic E-state index is 12.8. The number of carbonyl (C=O) groups is 3. The number of para-hydroxylation sites is 1. The number of amides is 3. The molecule has 1 aliphatic carbocycles. The van der Waals surface area contributed by atoms with E-state index in [0.29, 0.717) is 16.6 Å². The number of benzene rings is 2. The molecule has 0 saturated carbocycles. The van der Waals surface area contributed by atoms with Crippen molar-refractivity contribution in [1.29, 1.82) is 0 Å². The molecule has 1 aliphatic rings. The molecule has 0 unspecified atom stereocenters. The third-order valence-corrected chi connectivity index (χ3v) is 5.34. The minimum absolute atomic E-state index is 0.464. The molecule has 7 heteroatoms. The number of nitrogens with one attached hydrogen (secondary N) is 2. The van der Waals surface area contributed by atoms with E-state index >= 15 is 0 Å². The standard InChI is InChI=1S/C24H23N3O4/c1-14-10-11-18(15(2)12-14)26-24(30)27-21(28)13-31-23(29)22-16-6-3-4-8-19(16)25-20-9-5-7-17(20)22/h3-4,6,8,10-12H,5,7,9,13H2,1-2H3,(H2,26,27,28,30). The summed E-state index contributed by atoms with van der Waals surface area (Å²) in [5.74, 6) is -1.28. The van der Waals surface area contributed by atoms with Crippen LogP contribution in [0.15, 0.2) is 42.5 Å². The van der Waals surface area contributed by atoms with Crippen molar-refractivity contribution in [3.05, 3.63) is 70.4 Å². The van der Waals surface area contributed by atoms with Gasteiger partial charge in [0.25, 0.3) is 5.91 Å². The number of hydrogen-bond acceptors (Lipinski definition) is 5. The van der Waals surface area contributed by atoms with Crippen LogP contribution in [0.1, 0.15) is 39.2 Å².